The molecule has 0 unspecified atom stereocenters. The summed E-state index contributed by atoms with van der Waals surface area (Å²) in [7, 11) is 0. The van der Waals surface area contributed by atoms with Crippen LogP contribution in [0.2, 0.25) is 0 Å². The molecule has 0 atom stereocenters. The number of para-hydroxylation sites is 2. The Morgan fingerprint density at radius 3 is 1.14 bits per heavy atom. The molecule has 0 radical (unpaired) electrons. The van der Waals surface area contributed by atoms with E-state index in [2.05, 4.69) is 133 Å². The molecule has 10 aromatic rings. The number of hydrogen-bond acceptors (Lipinski definition) is 4. The first-order chi connectivity index (χ1) is 24.8. The van der Waals surface area contributed by atoms with Gasteiger partial charge in [-0.05, 0) is 60.7 Å². The Bertz CT molecular complexity index is 2720. The predicted octanol–water partition coefficient (Wildman–Crippen LogP) is 11.7. The minimum absolute atomic E-state index is 0.900. The maximum absolute atomic E-state index is 5.42. The van der Waals surface area contributed by atoms with Gasteiger partial charge in [-0.15, -0.1) is 0 Å². The first-order valence-corrected chi connectivity index (χ1v) is 16.8. The van der Waals surface area contributed by atoms with Crippen molar-refractivity contribution in [1.82, 2.24) is 19.9 Å². The normalized spacial score (nSPS) is 11.6. The Morgan fingerprint density at radius 1 is 0.280 bits per heavy atom. The fourth-order valence-corrected chi connectivity index (χ4v) is 7.15. The molecule has 4 nitrogen and oxygen atoms in total. The van der Waals surface area contributed by atoms with Gasteiger partial charge in [-0.25, -0.2) is 19.9 Å². The summed E-state index contributed by atoms with van der Waals surface area (Å²) >= 11 is 0. The van der Waals surface area contributed by atoms with Crippen molar-refractivity contribution in [1.29, 1.82) is 0 Å². The van der Waals surface area contributed by atoms with Gasteiger partial charge >= 0.3 is 0 Å². The molecule has 0 N–H and O–H groups in total. The van der Waals surface area contributed by atoms with Crippen LogP contribution in [0.1, 0.15) is 0 Å². The summed E-state index contributed by atoms with van der Waals surface area (Å²) < 4.78 is 0. The first-order valence-electron chi connectivity index (χ1n) is 16.8. The van der Waals surface area contributed by atoms with Crippen molar-refractivity contribution in [3.63, 3.8) is 0 Å². The van der Waals surface area contributed by atoms with Crippen LogP contribution >= 0.6 is 0 Å². The molecule has 0 bridgehead atoms. The van der Waals surface area contributed by atoms with Gasteiger partial charge in [0.15, 0.2) is 0 Å². The van der Waals surface area contributed by atoms with Crippen LogP contribution < -0.4 is 0 Å². The molecule has 0 amide bonds. The Hall–Kier alpha value is -6.78. The van der Waals surface area contributed by atoms with E-state index in [0.29, 0.717) is 0 Å². The fourth-order valence-electron chi connectivity index (χ4n) is 7.15. The van der Waals surface area contributed by atoms with E-state index in [9.17, 15) is 0 Å². The number of benzene rings is 6. The van der Waals surface area contributed by atoms with E-state index in [1.54, 1.807) is 0 Å². The lowest BCUT2D eigenvalue weighted by Gasteiger charge is -2.16. The second-order valence-corrected chi connectivity index (χ2v) is 12.6. The van der Waals surface area contributed by atoms with Gasteiger partial charge in [0.25, 0.3) is 0 Å². The molecule has 6 aromatic carbocycles. The molecule has 10 rings (SSSR count). The second-order valence-electron chi connectivity index (χ2n) is 12.6. The monoisotopic (exact) mass is 636 g/mol. The highest BCUT2D eigenvalue weighted by Crippen LogP contribution is 2.42. The lowest BCUT2D eigenvalue weighted by atomic mass is 9.92. The quantitative estimate of drug-likeness (QED) is 0.180. The van der Waals surface area contributed by atoms with Crippen LogP contribution in [0.4, 0.5) is 0 Å². The molecule has 0 aliphatic rings. The van der Waals surface area contributed by atoms with Crippen molar-refractivity contribution in [2.24, 2.45) is 0 Å². The van der Waals surface area contributed by atoms with E-state index < -0.39 is 0 Å². The second kappa shape index (κ2) is 11.4. The largest absolute Gasteiger partial charge is 0.248 e. The van der Waals surface area contributed by atoms with Crippen LogP contribution in [0, 0.1) is 0 Å². The third-order valence-corrected chi connectivity index (χ3v) is 9.64. The zero-order valence-electron chi connectivity index (χ0n) is 27.0. The minimum atomic E-state index is 0.900. The number of pyridine rings is 4. The summed E-state index contributed by atoms with van der Waals surface area (Å²) in [6, 6.07) is 58.9. The van der Waals surface area contributed by atoms with Crippen molar-refractivity contribution in [2.45, 2.75) is 0 Å². The Kier molecular flexibility index (Phi) is 6.46. The summed E-state index contributed by atoms with van der Waals surface area (Å²) in [5.74, 6) is 0. The van der Waals surface area contributed by atoms with Crippen LogP contribution in [0.25, 0.3) is 99.4 Å². The van der Waals surface area contributed by atoms with E-state index >= 15 is 0 Å². The number of aromatic nitrogens is 4. The maximum atomic E-state index is 5.42. The van der Waals surface area contributed by atoms with E-state index in [4.69, 9.17) is 19.9 Å². The van der Waals surface area contributed by atoms with Gasteiger partial charge in [-0.2, -0.15) is 0 Å². The molecule has 4 aromatic heterocycles. The standard InChI is InChI=1S/C46H28N4/c1-3-11-29(12-4-1)41-25-21-33-35(43-23-19-31-15-7-9-17-39(31)47-43)28-38-37(45(33)49-41)27-36(44-24-20-32-16-8-10-18-40(32)48-44)34-22-26-42(50-46(34)38)30-13-5-2-6-14-30/h1-28H. The summed E-state index contributed by atoms with van der Waals surface area (Å²) in [6.07, 6.45) is 0. The highest BCUT2D eigenvalue weighted by molar-refractivity contribution is 6.22. The van der Waals surface area contributed by atoms with Gasteiger partial charge in [0.2, 0.25) is 0 Å². The van der Waals surface area contributed by atoms with Gasteiger partial charge in [0, 0.05) is 54.6 Å². The number of hydrogen-bond donors (Lipinski definition) is 0. The molecule has 0 aliphatic carbocycles. The van der Waals surface area contributed by atoms with Crippen LogP contribution in [0.3, 0.4) is 0 Å². The lowest BCUT2D eigenvalue weighted by Crippen LogP contribution is -1.96. The maximum Gasteiger partial charge on any atom is 0.0795 e. The van der Waals surface area contributed by atoms with Crippen LogP contribution in [0.5, 0.6) is 0 Å². The summed E-state index contributed by atoms with van der Waals surface area (Å²) in [5, 5.41) is 6.35. The average Bonchev–Trinajstić information content (AvgIpc) is 3.20. The van der Waals surface area contributed by atoms with Crippen molar-refractivity contribution in [3.05, 3.63) is 170 Å². The summed E-state index contributed by atoms with van der Waals surface area (Å²) in [4.78, 5) is 21.2. The topological polar surface area (TPSA) is 51.6 Å². The van der Waals surface area contributed by atoms with Crippen LogP contribution in [-0.2, 0) is 0 Å². The minimum Gasteiger partial charge on any atom is -0.248 e. The molecule has 0 fully saturated rings. The van der Waals surface area contributed by atoms with E-state index in [-0.39, 0.29) is 0 Å². The van der Waals surface area contributed by atoms with Crippen molar-refractivity contribution in [2.75, 3.05) is 0 Å². The molecule has 50 heavy (non-hydrogen) atoms. The Labute approximate surface area is 288 Å². The summed E-state index contributed by atoms with van der Waals surface area (Å²) in [6.45, 7) is 0. The van der Waals surface area contributed by atoms with Gasteiger partial charge in [0.05, 0.1) is 44.8 Å². The Morgan fingerprint density at radius 2 is 0.680 bits per heavy atom. The molecule has 4 heteroatoms. The predicted molar refractivity (Wildman–Crippen MR) is 207 cm³/mol. The number of fused-ring (bicyclic) bond motifs is 7. The van der Waals surface area contributed by atoms with Crippen LogP contribution in [0.15, 0.2) is 170 Å². The smallest absolute Gasteiger partial charge is 0.0795 e. The average molecular weight is 637 g/mol. The van der Waals surface area contributed by atoms with Crippen molar-refractivity contribution in [3.8, 4) is 45.0 Å². The Balaban J connectivity index is 1.35. The fraction of sp³-hybridized carbons (Fsp3) is 0. The highest BCUT2D eigenvalue weighted by atomic mass is 14.7. The molecule has 0 aliphatic heterocycles. The lowest BCUT2D eigenvalue weighted by molar-refractivity contribution is 1.38. The number of rotatable bonds is 4. The van der Waals surface area contributed by atoms with Gasteiger partial charge in [-0.3, -0.25) is 0 Å². The third-order valence-electron chi connectivity index (χ3n) is 9.64. The molecule has 4 heterocycles. The summed E-state index contributed by atoms with van der Waals surface area (Å²) in [5.41, 5.74) is 11.5. The molecular weight excluding hydrogens is 609 g/mol. The SMILES string of the molecule is c1ccc(-c2ccc3c(-c4ccc5ccccc5n4)cc4c(cc(-c5ccc6ccccc6n5)c5ccc(-c6ccccc6)nc54)c3n2)cc1. The number of nitrogens with zero attached hydrogens (tertiary/aromatic N) is 4. The highest BCUT2D eigenvalue weighted by Gasteiger charge is 2.19. The van der Waals surface area contributed by atoms with Gasteiger partial charge in [-0.1, -0.05) is 109 Å². The van der Waals surface area contributed by atoms with Crippen LogP contribution in [-0.4, -0.2) is 19.9 Å². The van der Waals surface area contributed by atoms with Crippen molar-refractivity contribution >= 4 is 54.4 Å². The molecule has 0 saturated carbocycles. The van der Waals surface area contributed by atoms with E-state index in [0.717, 1.165) is 99.4 Å². The molecule has 232 valence electrons. The molecular formula is C46H28N4. The first kappa shape index (κ1) is 28.3. The van der Waals surface area contributed by atoms with E-state index in [1.807, 2.05) is 36.4 Å². The van der Waals surface area contributed by atoms with Crippen molar-refractivity contribution < 1.29 is 0 Å². The third kappa shape index (κ3) is 4.69. The zero-order valence-corrected chi connectivity index (χ0v) is 27.0. The molecule has 0 spiro atoms. The van der Waals surface area contributed by atoms with Gasteiger partial charge < -0.3 is 0 Å². The van der Waals surface area contributed by atoms with E-state index in [1.165, 1.54) is 0 Å². The van der Waals surface area contributed by atoms with Gasteiger partial charge in [0.1, 0.15) is 0 Å². The zero-order chi connectivity index (χ0) is 33.0. The molecule has 0 saturated heterocycles.